The Morgan fingerprint density at radius 1 is 1.10 bits per heavy atom. The Kier molecular flexibility index (Phi) is 7.38. The molecule has 1 fully saturated rings. The number of rotatable bonds is 7. The number of anilines is 2. The Hall–Kier alpha value is -4.19. The average Bonchev–Trinajstić information content (AvgIpc) is 3.30. The number of fused-ring (bicyclic) bond motifs is 1. The number of hydrogen-bond acceptors (Lipinski definition) is 8. The van der Waals surface area contributed by atoms with Gasteiger partial charge in [0.1, 0.15) is 17.1 Å². The second kappa shape index (κ2) is 10.9. The summed E-state index contributed by atoms with van der Waals surface area (Å²) in [5, 5.41) is 5.79. The van der Waals surface area contributed by atoms with E-state index in [1.54, 1.807) is 24.3 Å². The van der Waals surface area contributed by atoms with Gasteiger partial charge in [-0.1, -0.05) is 12.1 Å². The number of aromatic nitrogens is 2. The lowest BCUT2D eigenvalue weighted by Crippen LogP contribution is -2.38. The number of methoxy groups -OCH3 is 1. The molecule has 2 N–H and O–H groups in total. The van der Waals surface area contributed by atoms with E-state index in [0.29, 0.717) is 42.6 Å². The van der Waals surface area contributed by atoms with Gasteiger partial charge in [-0.3, -0.25) is 9.59 Å². The first kappa shape index (κ1) is 26.4. The second-order valence-corrected chi connectivity index (χ2v) is 9.13. The van der Waals surface area contributed by atoms with Crippen LogP contribution in [0.5, 0.6) is 17.4 Å². The summed E-state index contributed by atoms with van der Waals surface area (Å²) < 4.78 is 57.6. The van der Waals surface area contributed by atoms with Crippen LogP contribution in [0.25, 0.3) is 0 Å². The molecule has 2 aliphatic rings. The van der Waals surface area contributed by atoms with Gasteiger partial charge in [-0.25, -0.2) is 4.98 Å². The summed E-state index contributed by atoms with van der Waals surface area (Å²) in [7, 11) is 1.40. The van der Waals surface area contributed by atoms with Crippen molar-refractivity contribution in [3.05, 3.63) is 64.8 Å². The van der Waals surface area contributed by atoms with Crippen LogP contribution in [0.3, 0.4) is 0 Å². The van der Waals surface area contributed by atoms with Crippen molar-refractivity contribution >= 4 is 23.3 Å². The molecule has 0 spiro atoms. The first-order valence-electron chi connectivity index (χ1n) is 12.3. The second-order valence-electron chi connectivity index (χ2n) is 9.13. The van der Waals surface area contributed by atoms with Crippen LogP contribution >= 0.6 is 0 Å². The van der Waals surface area contributed by atoms with E-state index in [0.717, 1.165) is 12.8 Å². The largest absolute Gasteiger partial charge is 0.495 e. The average molecular weight is 543 g/mol. The van der Waals surface area contributed by atoms with Gasteiger partial charge in [0.05, 0.1) is 18.4 Å². The third-order valence-electron chi connectivity index (χ3n) is 6.55. The zero-order valence-corrected chi connectivity index (χ0v) is 20.9. The van der Waals surface area contributed by atoms with Gasteiger partial charge in [-0.15, -0.1) is 0 Å². The first-order valence-corrected chi connectivity index (χ1v) is 12.3. The molecule has 0 saturated carbocycles. The lowest BCUT2D eigenvalue weighted by atomic mass is 10.1. The number of aryl methyl sites for hydroxylation is 1. The van der Waals surface area contributed by atoms with Crippen LogP contribution in [0.15, 0.2) is 42.6 Å². The predicted molar refractivity (Wildman–Crippen MR) is 134 cm³/mol. The number of Topliss-reactive ketones (excluding diaryl/α,β-unsaturated/α-hetero) is 1. The number of benzene rings is 2. The molecule has 0 unspecified atom stereocenters. The highest BCUT2D eigenvalue weighted by molar-refractivity contribution is 6.03. The molecule has 2 aromatic carbocycles. The minimum atomic E-state index is -4.80. The van der Waals surface area contributed by atoms with E-state index in [-0.39, 0.29) is 47.2 Å². The standard InChI is InChI=1S/C27H25F3N4O5/c1-37-22-13-16(24(36)32-17-9-11-38-12-10-17)5-7-19(22)33-26-31-14-18(27(28,29)30)25(34-26)39-21-4-2-3-15-6-8-20(35)23(15)21/h2-5,7,13-14,17H,6,8-12H2,1H3,(H,32,36)(H,31,33,34). The lowest BCUT2D eigenvalue weighted by molar-refractivity contribution is -0.139. The van der Waals surface area contributed by atoms with Gasteiger partial charge in [0.25, 0.3) is 5.91 Å². The molecule has 1 aliphatic heterocycles. The zero-order valence-electron chi connectivity index (χ0n) is 20.9. The molecule has 0 bridgehead atoms. The van der Waals surface area contributed by atoms with Gasteiger partial charge in [0, 0.05) is 37.4 Å². The van der Waals surface area contributed by atoms with Crippen molar-refractivity contribution in [3.63, 3.8) is 0 Å². The number of alkyl halides is 3. The molecule has 12 heteroatoms. The number of amides is 1. The van der Waals surface area contributed by atoms with Crippen molar-refractivity contribution in [1.82, 2.24) is 15.3 Å². The summed E-state index contributed by atoms with van der Waals surface area (Å²) in [6, 6.07) is 9.41. The van der Waals surface area contributed by atoms with Crippen LogP contribution in [0.4, 0.5) is 24.8 Å². The SMILES string of the molecule is COc1cc(C(=O)NC2CCOCC2)ccc1Nc1ncc(C(F)(F)F)c(Oc2cccc3c2C(=O)CC3)n1. The Morgan fingerprint density at radius 2 is 1.90 bits per heavy atom. The van der Waals surface area contributed by atoms with Gasteiger partial charge in [-0.05, 0) is 49.1 Å². The highest BCUT2D eigenvalue weighted by atomic mass is 19.4. The van der Waals surface area contributed by atoms with E-state index in [1.807, 2.05) is 0 Å². The normalized spacial score (nSPS) is 15.5. The molecule has 1 aromatic heterocycles. The summed E-state index contributed by atoms with van der Waals surface area (Å²) in [6.45, 7) is 1.16. The number of nitrogens with zero attached hydrogens (tertiary/aromatic N) is 2. The summed E-state index contributed by atoms with van der Waals surface area (Å²) in [4.78, 5) is 32.8. The van der Waals surface area contributed by atoms with E-state index >= 15 is 0 Å². The molecular weight excluding hydrogens is 517 g/mol. The Morgan fingerprint density at radius 3 is 2.64 bits per heavy atom. The maximum Gasteiger partial charge on any atom is 0.423 e. The van der Waals surface area contributed by atoms with Crippen molar-refractivity contribution < 1.29 is 37.0 Å². The summed E-state index contributed by atoms with van der Waals surface area (Å²) in [6.07, 6.45) is -1.99. The first-order chi connectivity index (χ1) is 18.7. The molecular formula is C27H25F3N4O5. The molecule has 1 saturated heterocycles. The van der Waals surface area contributed by atoms with Gasteiger partial charge in [0.15, 0.2) is 5.78 Å². The van der Waals surface area contributed by atoms with Crippen LogP contribution in [-0.4, -0.2) is 48.0 Å². The Labute approximate surface area is 221 Å². The van der Waals surface area contributed by atoms with Crippen LogP contribution in [0.1, 0.15) is 51.1 Å². The highest BCUT2D eigenvalue weighted by Crippen LogP contribution is 2.40. The third kappa shape index (κ3) is 5.80. The highest BCUT2D eigenvalue weighted by Gasteiger charge is 2.37. The number of hydrogen-bond donors (Lipinski definition) is 2. The van der Waals surface area contributed by atoms with Crippen molar-refractivity contribution in [3.8, 4) is 17.4 Å². The fraction of sp³-hybridized carbons (Fsp3) is 0.333. The van der Waals surface area contributed by atoms with Crippen molar-refractivity contribution in [1.29, 1.82) is 0 Å². The maximum absolute atomic E-state index is 13.8. The molecule has 9 nitrogen and oxygen atoms in total. The Balaban J connectivity index is 1.40. The lowest BCUT2D eigenvalue weighted by Gasteiger charge is -2.23. The molecule has 1 aliphatic carbocycles. The molecule has 39 heavy (non-hydrogen) atoms. The van der Waals surface area contributed by atoms with E-state index in [2.05, 4.69) is 20.6 Å². The summed E-state index contributed by atoms with van der Waals surface area (Å²) >= 11 is 0. The van der Waals surface area contributed by atoms with Crippen molar-refractivity contribution in [2.45, 2.75) is 37.9 Å². The van der Waals surface area contributed by atoms with Crippen LogP contribution in [0.2, 0.25) is 0 Å². The van der Waals surface area contributed by atoms with E-state index in [9.17, 15) is 22.8 Å². The number of ketones is 1. The van der Waals surface area contributed by atoms with E-state index in [1.165, 1.54) is 19.2 Å². The van der Waals surface area contributed by atoms with E-state index < -0.39 is 17.6 Å². The number of carbonyl (C=O) groups is 2. The van der Waals surface area contributed by atoms with Crippen LogP contribution < -0.4 is 20.1 Å². The van der Waals surface area contributed by atoms with Gasteiger partial charge in [-0.2, -0.15) is 18.2 Å². The number of ether oxygens (including phenoxy) is 3. The molecule has 2 heterocycles. The number of carbonyl (C=O) groups excluding carboxylic acids is 2. The molecule has 3 aromatic rings. The smallest absolute Gasteiger partial charge is 0.423 e. The van der Waals surface area contributed by atoms with Gasteiger partial charge < -0.3 is 24.8 Å². The number of halogens is 3. The molecule has 0 radical (unpaired) electrons. The molecule has 1 amide bonds. The minimum absolute atomic E-state index is 0.00243. The minimum Gasteiger partial charge on any atom is -0.495 e. The molecule has 5 rings (SSSR count). The van der Waals surface area contributed by atoms with Gasteiger partial charge >= 0.3 is 6.18 Å². The fourth-order valence-electron chi connectivity index (χ4n) is 4.53. The van der Waals surface area contributed by atoms with Crippen LogP contribution in [0, 0.1) is 0 Å². The van der Waals surface area contributed by atoms with Crippen LogP contribution in [-0.2, 0) is 17.3 Å². The van der Waals surface area contributed by atoms with Gasteiger partial charge in [0.2, 0.25) is 11.8 Å². The summed E-state index contributed by atoms with van der Waals surface area (Å²) in [5.41, 5.74) is 0.452. The molecule has 204 valence electrons. The predicted octanol–water partition coefficient (Wildman–Crippen LogP) is 5.08. The zero-order chi connectivity index (χ0) is 27.6. The summed E-state index contributed by atoms with van der Waals surface area (Å²) in [5.74, 6) is -1.17. The molecule has 0 atom stereocenters. The third-order valence-corrected chi connectivity index (χ3v) is 6.55. The monoisotopic (exact) mass is 542 g/mol. The van der Waals surface area contributed by atoms with Crippen molar-refractivity contribution in [2.24, 2.45) is 0 Å². The quantitative estimate of drug-likeness (QED) is 0.425. The Bertz CT molecular complexity index is 1410. The topological polar surface area (TPSA) is 112 Å². The number of nitrogens with one attached hydrogen (secondary N) is 2. The fourth-order valence-corrected chi connectivity index (χ4v) is 4.53. The maximum atomic E-state index is 13.8. The van der Waals surface area contributed by atoms with Crippen molar-refractivity contribution in [2.75, 3.05) is 25.6 Å². The van der Waals surface area contributed by atoms with E-state index in [4.69, 9.17) is 14.2 Å².